The molecule has 0 aromatic carbocycles. The molecule has 0 aliphatic rings. The first-order valence-corrected chi connectivity index (χ1v) is 8.80. The van der Waals surface area contributed by atoms with Crippen LogP contribution in [0.25, 0.3) is 0 Å². The monoisotopic (exact) mass is 306 g/mol. The molecule has 120 valence electrons. The maximum atomic E-state index is 10.3. The van der Waals surface area contributed by atoms with E-state index in [1.165, 1.54) is 77.0 Å². The fraction of sp³-hybridized carbons (Fsp3) is 0.889. The average molecular weight is 306 g/mol. The molecular weight excluding hydrogens is 271 g/mol. The van der Waals surface area contributed by atoms with Crippen molar-refractivity contribution in [3.8, 4) is 0 Å². The van der Waals surface area contributed by atoms with Gasteiger partial charge in [-0.15, -0.1) is 0 Å². The van der Waals surface area contributed by atoms with Crippen LogP contribution in [0.15, 0.2) is 0 Å². The Labute approximate surface area is 154 Å². The largest absolute Gasteiger partial charge is 1.00 e. The molecule has 0 saturated carbocycles. The molecule has 0 aromatic rings. The first-order valence-electron chi connectivity index (χ1n) is 8.80. The fourth-order valence-electron chi connectivity index (χ4n) is 2.49. The summed E-state index contributed by atoms with van der Waals surface area (Å²) in [7, 11) is 0. The Hall–Kier alpha value is 0.470. The van der Waals surface area contributed by atoms with E-state index in [9.17, 15) is 4.79 Å². The number of carboxylic acids is 1. The van der Waals surface area contributed by atoms with Gasteiger partial charge in [-0.2, -0.15) is 12.8 Å². The topological polar surface area (TPSA) is 37.3 Å². The number of aliphatic carboxylic acids is 1. The van der Waals surface area contributed by atoms with Crippen molar-refractivity contribution in [1.82, 2.24) is 0 Å². The maximum absolute atomic E-state index is 10.3. The molecule has 0 spiro atoms. The third kappa shape index (κ3) is 22.9. The number of rotatable bonds is 16. The summed E-state index contributed by atoms with van der Waals surface area (Å²) in [5.74, 6) is -0.658. The summed E-state index contributed by atoms with van der Waals surface area (Å²) >= 11 is 0. The Morgan fingerprint density at radius 2 is 1.19 bits per heavy atom. The minimum atomic E-state index is -0.658. The van der Waals surface area contributed by atoms with Gasteiger partial charge in [0.25, 0.3) is 0 Å². The molecule has 21 heavy (non-hydrogen) atoms. The Bertz CT molecular complexity index is 207. The molecule has 0 aromatic heterocycles. The minimum Gasteiger partial charge on any atom is -0.481 e. The molecule has 0 fully saturated rings. The number of hydrogen-bond acceptors (Lipinski definition) is 1. The van der Waals surface area contributed by atoms with Gasteiger partial charge in [0.2, 0.25) is 0 Å². The molecular formula is C18H35NaO2. The van der Waals surface area contributed by atoms with Crippen LogP contribution in [-0.2, 0) is 4.79 Å². The second-order valence-corrected chi connectivity index (χ2v) is 5.90. The molecule has 0 atom stereocenters. The van der Waals surface area contributed by atoms with Gasteiger partial charge in [-0.05, 0) is 6.42 Å². The number of carbonyl (C=O) groups is 1. The van der Waals surface area contributed by atoms with Crippen LogP contribution in [0.1, 0.15) is 103 Å². The number of unbranched alkanes of at least 4 members (excludes halogenated alkanes) is 14. The smallest absolute Gasteiger partial charge is 0.481 e. The van der Waals surface area contributed by atoms with E-state index in [0.29, 0.717) is 6.42 Å². The number of hydrogen-bond donors (Lipinski definition) is 1. The van der Waals surface area contributed by atoms with Crippen LogP contribution in [0.2, 0.25) is 0 Å². The summed E-state index contributed by atoms with van der Waals surface area (Å²) in [4.78, 5) is 10.3. The van der Waals surface area contributed by atoms with Crippen LogP contribution >= 0.6 is 0 Å². The molecule has 0 amide bonds. The van der Waals surface area contributed by atoms with Gasteiger partial charge < -0.3 is 11.5 Å². The normalized spacial score (nSPS) is 10.3. The molecule has 0 heterocycles. The van der Waals surface area contributed by atoms with Crippen molar-refractivity contribution in [2.75, 3.05) is 0 Å². The van der Waals surface area contributed by atoms with E-state index >= 15 is 0 Å². The van der Waals surface area contributed by atoms with Crippen molar-refractivity contribution >= 4 is 5.97 Å². The van der Waals surface area contributed by atoms with Crippen molar-refractivity contribution in [2.24, 2.45) is 0 Å². The first-order chi connectivity index (χ1) is 9.77. The standard InChI is InChI=1S/C18H35O2.Na/c1-2-3-4-5-6-7-8-9-10-11-12-13-14-15-16-17-18(19)20;/h9H,2-8,10-17H2,1H3,(H,19,20);/q-1;+1. The van der Waals surface area contributed by atoms with E-state index in [1.807, 2.05) is 0 Å². The second-order valence-electron chi connectivity index (χ2n) is 5.90. The third-order valence-electron chi connectivity index (χ3n) is 3.81. The average Bonchev–Trinajstić information content (AvgIpc) is 2.43. The van der Waals surface area contributed by atoms with Gasteiger partial charge >= 0.3 is 35.5 Å². The van der Waals surface area contributed by atoms with Gasteiger partial charge in [-0.3, -0.25) is 4.79 Å². The summed E-state index contributed by atoms with van der Waals surface area (Å²) in [6.07, 6.45) is 20.7. The predicted molar refractivity (Wildman–Crippen MR) is 86.9 cm³/mol. The zero-order valence-electron chi connectivity index (χ0n) is 14.5. The molecule has 0 unspecified atom stereocenters. The summed E-state index contributed by atoms with van der Waals surface area (Å²) in [5, 5.41) is 8.51. The fourth-order valence-corrected chi connectivity index (χ4v) is 2.49. The van der Waals surface area contributed by atoms with E-state index in [0.717, 1.165) is 12.8 Å². The van der Waals surface area contributed by atoms with Crippen molar-refractivity contribution in [3.63, 3.8) is 0 Å². The van der Waals surface area contributed by atoms with Gasteiger partial charge in [0.1, 0.15) is 0 Å². The first kappa shape index (κ1) is 23.7. The zero-order valence-corrected chi connectivity index (χ0v) is 16.5. The summed E-state index contributed by atoms with van der Waals surface area (Å²) in [6, 6.07) is 0. The predicted octanol–water partition coefficient (Wildman–Crippen LogP) is 3.15. The van der Waals surface area contributed by atoms with Gasteiger partial charge in [0.05, 0.1) is 0 Å². The Balaban J connectivity index is 0. The molecule has 0 radical (unpaired) electrons. The Kier molecular flexibility index (Phi) is 23.1. The van der Waals surface area contributed by atoms with Crippen LogP contribution in [-0.4, -0.2) is 11.1 Å². The van der Waals surface area contributed by atoms with Crippen molar-refractivity contribution < 1.29 is 39.5 Å². The molecule has 0 saturated heterocycles. The maximum Gasteiger partial charge on any atom is 1.00 e. The SMILES string of the molecule is CCCCCCCC[CH-]CCCCCCCCC(=O)O.[Na+]. The zero-order chi connectivity index (χ0) is 14.9. The molecule has 1 N–H and O–H groups in total. The van der Waals surface area contributed by atoms with Gasteiger partial charge in [0, 0.05) is 6.42 Å². The van der Waals surface area contributed by atoms with Crippen LogP contribution in [0.5, 0.6) is 0 Å². The van der Waals surface area contributed by atoms with Crippen molar-refractivity contribution in [1.29, 1.82) is 0 Å². The second kappa shape index (κ2) is 20.5. The summed E-state index contributed by atoms with van der Waals surface area (Å²) in [6.45, 7) is 2.26. The molecule has 0 aliphatic heterocycles. The van der Waals surface area contributed by atoms with E-state index in [1.54, 1.807) is 0 Å². The Morgan fingerprint density at radius 1 is 0.762 bits per heavy atom. The molecule has 3 heteroatoms. The van der Waals surface area contributed by atoms with E-state index < -0.39 is 5.97 Å². The quantitative estimate of drug-likeness (QED) is 0.270. The van der Waals surface area contributed by atoms with Crippen LogP contribution in [0.3, 0.4) is 0 Å². The third-order valence-corrected chi connectivity index (χ3v) is 3.81. The van der Waals surface area contributed by atoms with E-state index in [2.05, 4.69) is 13.3 Å². The van der Waals surface area contributed by atoms with Crippen molar-refractivity contribution in [2.45, 2.75) is 103 Å². The van der Waals surface area contributed by atoms with Crippen LogP contribution < -0.4 is 29.6 Å². The molecule has 2 nitrogen and oxygen atoms in total. The van der Waals surface area contributed by atoms with E-state index in [4.69, 9.17) is 5.11 Å². The van der Waals surface area contributed by atoms with Crippen LogP contribution in [0.4, 0.5) is 0 Å². The van der Waals surface area contributed by atoms with E-state index in [-0.39, 0.29) is 29.6 Å². The van der Waals surface area contributed by atoms with Gasteiger partial charge in [-0.25, -0.2) is 0 Å². The molecule has 0 bridgehead atoms. The summed E-state index contributed by atoms with van der Waals surface area (Å²) in [5.41, 5.74) is 0. The van der Waals surface area contributed by atoms with Gasteiger partial charge in [-0.1, -0.05) is 77.6 Å². The van der Waals surface area contributed by atoms with Gasteiger partial charge in [0.15, 0.2) is 0 Å². The molecule has 0 aliphatic carbocycles. The molecule has 0 rings (SSSR count). The van der Waals surface area contributed by atoms with Crippen LogP contribution in [0, 0.1) is 6.42 Å². The minimum absolute atomic E-state index is 0. The van der Waals surface area contributed by atoms with Crippen molar-refractivity contribution in [3.05, 3.63) is 6.42 Å². The Morgan fingerprint density at radius 3 is 1.67 bits per heavy atom. The number of carboxylic acid groups (broad SMARTS) is 1. The summed E-state index contributed by atoms with van der Waals surface area (Å²) < 4.78 is 0.